The molecule has 0 saturated carbocycles. The molecule has 24 heavy (non-hydrogen) atoms. The van der Waals surface area contributed by atoms with E-state index in [0.717, 1.165) is 16.7 Å². The van der Waals surface area contributed by atoms with Crippen LogP contribution in [-0.4, -0.2) is 14.2 Å². The van der Waals surface area contributed by atoms with Gasteiger partial charge in [-0.2, -0.15) is 8.42 Å². The molecule has 0 fully saturated rings. The van der Waals surface area contributed by atoms with Crippen molar-refractivity contribution in [3.63, 3.8) is 0 Å². The normalized spacial score (nSPS) is 12.5. The Morgan fingerprint density at radius 3 is 2.21 bits per heavy atom. The molecule has 2 aromatic rings. The third-order valence-corrected chi connectivity index (χ3v) is 4.91. The Labute approximate surface area is 141 Å². The standard InChI is InChI=1S/C18H19NO4S/c1-5-12(2)13(3)15-6-8-16(9-7-15)19-24(21,22)18-11-10-17(23-18)14(4)20/h5-11,19H,1H2,2-4H3. The number of furan rings is 1. The maximum absolute atomic E-state index is 12.3. The fraction of sp³-hybridized carbons (Fsp3) is 0.167. The van der Waals surface area contributed by atoms with Gasteiger partial charge in [0.05, 0.1) is 0 Å². The van der Waals surface area contributed by atoms with Gasteiger partial charge in [0.15, 0.2) is 11.5 Å². The maximum atomic E-state index is 12.3. The summed E-state index contributed by atoms with van der Waals surface area (Å²) < 4.78 is 32.0. The zero-order valence-corrected chi connectivity index (χ0v) is 14.6. The van der Waals surface area contributed by atoms with Crippen LogP contribution in [-0.2, 0) is 10.0 Å². The molecule has 0 bridgehead atoms. The highest BCUT2D eigenvalue weighted by atomic mass is 32.2. The number of nitrogens with one attached hydrogen (secondary N) is 1. The molecule has 0 aliphatic carbocycles. The fourth-order valence-corrected chi connectivity index (χ4v) is 3.02. The number of ketones is 1. The van der Waals surface area contributed by atoms with Gasteiger partial charge in [0.25, 0.3) is 10.0 Å². The highest BCUT2D eigenvalue weighted by molar-refractivity contribution is 7.92. The summed E-state index contributed by atoms with van der Waals surface area (Å²) >= 11 is 0. The summed E-state index contributed by atoms with van der Waals surface area (Å²) in [5, 5.41) is -0.296. The smallest absolute Gasteiger partial charge is 0.295 e. The van der Waals surface area contributed by atoms with Gasteiger partial charge < -0.3 is 4.42 Å². The second-order valence-corrected chi connectivity index (χ2v) is 6.98. The molecule has 5 nitrogen and oxygen atoms in total. The number of Topliss-reactive ketones (excluding diaryl/α,β-unsaturated/α-hetero) is 1. The Hall–Kier alpha value is -2.60. The van der Waals surface area contributed by atoms with Crippen molar-refractivity contribution in [1.29, 1.82) is 0 Å². The molecule has 0 saturated heterocycles. The van der Waals surface area contributed by atoms with E-state index in [-0.39, 0.29) is 16.6 Å². The summed E-state index contributed by atoms with van der Waals surface area (Å²) in [6.45, 7) is 8.98. The lowest BCUT2D eigenvalue weighted by molar-refractivity contribution is 0.0982. The second-order valence-electron chi connectivity index (χ2n) is 5.37. The van der Waals surface area contributed by atoms with Crippen LogP contribution in [0.3, 0.4) is 0 Å². The Morgan fingerprint density at radius 2 is 1.71 bits per heavy atom. The van der Waals surface area contributed by atoms with Gasteiger partial charge in [0, 0.05) is 12.6 Å². The van der Waals surface area contributed by atoms with Crippen molar-refractivity contribution in [2.75, 3.05) is 4.72 Å². The number of carbonyl (C=O) groups excluding carboxylic acids is 1. The van der Waals surface area contributed by atoms with Crippen LogP contribution in [0.15, 0.2) is 64.1 Å². The van der Waals surface area contributed by atoms with Gasteiger partial charge in [0.2, 0.25) is 5.09 Å². The number of hydrogen-bond donors (Lipinski definition) is 1. The summed E-state index contributed by atoms with van der Waals surface area (Å²) in [6, 6.07) is 9.58. The first kappa shape index (κ1) is 17.7. The maximum Gasteiger partial charge on any atom is 0.295 e. The lowest BCUT2D eigenvalue weighted by Crippen LogP contribution is -2.12. The minimum Gasteiger partial charge on any atom is -0.440 e. The van der Waals surface area contributed by atoms with Crippen molar-refractivity contribution < 1.29 is 17.6 Å². The molecule has 1 heterocycles. The van der Waals surface area contributed by atoms with Gasteiger partial charge in [-0.3, -0.25) is 9.52 Å². The Morgan fingerprint density at radius 1 is 1.08 bits per heavy atom. The number of anilines is 1. The first-order chi connectivity index (χ1) is 11.2. The van der Waals surface area contributed by atoms with Crippen LogP contribution in [0.5, 0.6) is 0 Å². The van der Waals surface area contributed by atoms with Gasteiger partial charge in [-0.25, -0.2) is 0 Å². The molecule has 2 rings (SSSR count). The molecule has 0 aliphatic rings. The number of benzene rings is 1. The summed E-state index contributed by atoms with van der Waals surface area (Å²) in [6.07, 6.45) is 1.77. The van der Waals surface area contributed by atoms with E-state index in [1.807, 2.05) is 26.0 Å². The van der Waals surface area contributed by atoms with Crippen molar-refractivity contribution in [2.24, 2.45) is 0 Å². The van der Waals surface area contributed by atoms with Crippen LogP contribution in [0.2, 0.25) is 0 Å². The zero-order chi connectivity index (χ0) is 17.9. The van der Waals surface area contributed by atoms with Crippen molar-refractivity contribution in [1.82, 2.24) is 0 Å². The summed E-state index contributed by atoms with van der Waals surface area (Å²) in [5.74, 6) is -0.327. The van der Waals surface area contributed by atoms with Crippen LogP contribution in [0.25, 0.3) is 5.57 Å². The lowest BCUT2D eigenvalue weighted by atomic mass is 10.0. The molecular formula is C18H19NO4S. The quantitative estimate of drug-likeness (QED) is 0.627. The van der Waals surface area contributed by atoms with Crippen molar-refractivity contribution in [2.45, 2.75) is 25.9 Å². The van der Waals surface area contributed by atoms with Crippen LogP contribution in [0.4, 0.5) is 5.69 Å². The summed E-state index contributed by atoms with van der Waals surface area (Å²) in [7, 11) is -3.88. The van der Waals surface area contributed by atoms with Gasteiger partial charge in [0.1, 0.15) is 0 Å². The predicted molar refractivity (Wildman–Crippen MR) is 94.4 cm³/mol. The van der Waals surface area contributed by atoms with Gasteiger partial charge in [-0.15, -0.1) is 0 Å². The number of carbonyl (C=O) groups is 1. The van der Waals surface area contributed by atoms with Gasteiger partial charge >= 0.3 is 0 Å². The second kappa shape index (κ2) is 6.88. The Balaban J connectivity index is 2.24. The molecule has 1 aromatic heterocycles. The zero-order valence-electron chi connectivity index (χ0n) is 13.8. The molecule has 0 atom stereocenters. The summed E-state index contributed by atoms with van der Waals surface area (Å²) in [4.78, 5) is 11.2. The van der Waals surface area contributed by atoms with E-state index in [2.05, 4.69) is 11.3 Å². The lowest BCUT2D eigenvalue weighted by Gasteiger charge is -2.08. The van der Waals surface area contributed by atoms with E-state index >= 15 is 0 Å². The topological polar surface area (TPSA) is 76.4 Å². The summed E-state index contributed by atoms with van der Waals surface area (Å²) in [5.41, 5.74) is 3.50. The van der Waals surface area contributed by atoms with Crippen LogP contribution in [0.1, 0.15) is 36.9 Å². The van der Waals surface area contributed by atoms with E-state index in [1.165, 1.54) is 19.1 Å². The van der Waals surface area contributed by atoms with Crippen molar-refractivity contribution in [3.05, 3.63) is 65.9 Å². The predicted octanol–water partition coefficient (Wildman–Crippen LogP) is 4.26. The third kappa shape index (κ3) is 3.83. The monoisotopic (exact) mass is 345 g/mol. The van der Waals surface area contributed by atoms with Gasteiger partial charge in [-0.1, -0.05) is 24.8 Å². The molecule has 0 unspecified atom stereocenters. The number of sulfonamides is 1. The molecule has 0 amide bonds. The molecule has 1 aromatic carbocycles. The molecule has 0 radical (unpaired) electrons. The molecule has 0 aliphatic heterocycles. The third-order valence-electron chi connectivity index (χ3n) is 3.66. The van der Waals surface area contributed by atoms with Crippen LogP contribution >= 0.6 is 0 Å². The van der Waals surface area contributed by atoms with E-state index in [9.17, 15) is 13.2 Å². The number of allylic oxidation sites excluding steroid dienone is 3. The van der Waals surface area contributed by atoms with Crippen molar-refractivity contribution in [3.8, 4) is 0 Å². The average Bonchev–Trinajstić information content (AvgIpc) is 3.05. The van der Waals surface area contributed by atoms with Crippen LogP contribution < -0.4 is 4.72 Å². The highest BCUT2D eigenvalue weighted by Gasteiger charge is 2.20. The fourth-order valence-electron chi connectivity index (χ4n) is 2.03. The number of hydrogen-bond acceptors (Lipinski definition) is 4. The van der Waals surface area contributed by atoms with E-state index < -0.39 is 10.0 Å². The van der Waals surface area contributed by atoms with Gasteiger partial charge in [-0.05, 0) is 54.8 Å². The minimum atomic E-state index is -3.88. The van der Waals surface area contributed by atoms with E-state index in [0.29, 0.717) is 5.69 Å². The van der Waals surface area contributed by atoms with Crippen molar-refractivity contribution >= 4 is 27.1 Å². The molecule has 1 N–H and O–H groups in total. The SMILES string of the molecule is C=CC(C)=C(C)c1ccc(NS(=O)(=O)c2ccc(C(C)=O)o2)cc1. The highest BCUT2D eigenvalue weighted by Crippen LogP contribution is 2.23. The first-order valence-corrected chi connectivity index (χ1v) is 8.77. The number of rotatable bonds is 6. The van der Waals surface area contributed by atoms with Crippen LogP contribution in [0, 0.1) is 0 Å². The molecule has 6 heteroatoms. The molecular weight excluding hydrogens is 326 g/mol. The molecule has 0 spiro atoms. The molecule has 126 valence electrons. The Kier molecular flexibility index (Phi) is 5.09. The van der Waals surface area contributed by atoms with E-state index in [4.69, 9.17) is 4.42 Å². The minimum absolute atomic E-state index is 0.00591. The Bertz CT molecular complexity index is 903. The first-order valence-electron chi connectivity index (χ1n) is 7.28. The largest absolute Gasteiger partial charge is 0.440 e. The van der Waals surface area contributed by atoms with E-state index in [1.54, 1.807) is 18.2 Å². The average molecular weight is 345 g/mol.